The van der Waals surface area contributed by atoms with Gasteiger partial charge >= 0.3 is 0 Å². The molecule has 0 saturated carbocycles. The fourth-order valence-electron chi connectivity index (χ4n) is 4.20. The van der Waals surface area contributed by atoms with Gasteiger partial charge in [-0.3, -0.25) is 0 Å². The van der Waals surface area contributed by atoms with Gasteiger partial charge in [0.2, 0.25) is 0 Å². The first-order valence-corrected chi connectivity index (χ1v) is 10.5. The number of carbonyl (C=O) groups excluding carboxylic acids is 1. The van der Waals surface area contributed by atoms with Crippen LogP contribution in [0.3, 0.4) is 0 Å². The van der Waals surface area contributed by atoms with E-state index in [1.807, 2.05) is 48.5 Å². The number of anilines is 1. The Morgan fingerprint density at radius 2 is 1.90 bits per heavy atom. The topological polar surface area (TPSA) is 67.6 Å². The molecule has 29 heavy (non-hydrogen) atoms. The highest BCUT2D eigenvalue weighted by Gasteiger charge is 2.28. The highest BCUT2D eigenvalue weighted by atomic mass is 16.5. The minimum Gasteiger partial charge on any atom is -0.491 e. The summed E-state index contributed by atoms with van der Waals surface area (Å²) in [5, 5.41) is 3.36. The molecule has 0 radical (unpaired) electrons. The maximum absolute atomic E-state index is 11.8. The van der Waals surface area contributed by atoms with Gasteiger partial charge < -0.3 is 25.5 Å². The van der Waals surface area contributed by atoms with Crippen molar-refractivity contribution in [2.75, 3.05) is 32.0 Å². The van der Waals surface area contributed by atoms with E-state index in [0.29, 0.717) is 12.3 Å². The molecule has 4 rings (SSSR count). The second kappa shape index (κ2) is 9.14. The lowest BCUT2D eigenvalue weighted by atomic mass is 9.92. The summed E-state index contributed by atoms with van der Waals surface area (Å²) in [5.74, 6) is 0.794. The molecule has 1 fully saturated rings. The number of hydrogen-bond donors (Lipinski definition) is 2. The number of likely N-dealkylation sites (tertiary alicyclic amines) is 1. The fourth-order valence-corrected chi connectivity index (χ4v) is 4.20. The van der Waals surface area contributed by atoms with Crippen LogP contribution in [0.2, 0.25) is 0 Å². The number of piperidine rings is 1. The predicted octanol–water partition coefficient (Wildman–Crippen LogP) is 3.83. The van der Waals surface area contributed by atoms with E-state index in [1.54, 1.807) is 0 Å². The molecule has 0 amide bonds. The van der Waals surface area contributed by atoms with E-state index < -0.39 is 6.04 Å². The molecule has 3 N–H and O–H groups in total. The zero-order valence-electron chi connectivity index (χ0n) is 16.8. The van der Waals surface area contributed by atoms with Crippen LogP contribution in [-0.4, -0.2) is 37.4 Å². The number of carbonyl (C=O) groups is 1. The highest BCUT2D eigenvalue weighted by molar-refractivity contribution is 5.92. The zero-order chi connectivity index (χ0) is 20.1. The molecule has 2 heterocycles. The normalized spacial score (nSPS) is 19.4. The molecule has 1 unspecified atom stereocenters. The number of nitrogens with two attached hydrogens (primary N) is 1. The number of benzene rings is 2. The maximum Gasteiger partial charge on any atom is 0.150 e. The molecule has 0 spiro atoms. The molecule has 152 valence electrons. The number of aldehydes is 1. The second-order valence-electron chi connectivity index (χ2n) is 7.78. The van der Waals surface area contributed by atoms with Crippen LogP contribution < -0.4 is 11.1 Å². The first-order valence-electron chi connectivity index (χ1n) is 10.5. The minimum absolute atomic E-state index is 0.440. The third-order valence-electron chi connectivity index (χ3n) is 5.69. The predicted molar refractivity (Wildman–Crippen MR) is 117 cm³/mol. The number of nitrogens with zero attached hydrogens (tertiary/aromatic N) is 1. The van der Waals surface area contributed by atoms with Crippen molar-refractivity contribution in [2.24, 2.45) is 0 Å². The van der Waals surface area contributed by atoms with Gasteiger partial charge in [0.1, 0.15) is 12.3 Å². The van der Waals surface area contributed by atoms with Crippen LogP contribution in [0.15, 0.2) is 48.5 Å². The summed E-state index contributed by atoms with van der Waals surface area (Å²) in [6.07, 6.45) is 5.86. The SMILES string of the molecule is Nc1ccc2c(c1)C(C=O)NC(c1ccccc1)=C2OCCCN1CCCCC1. The van der Waals surface area contributed by atoms with Crippen molar-refractivity contribution < 1.29 is 9.53 Å². The van der Waals surface area contributed by atoms with Crippen LogP contribution in [0.25, 0.3) is 11.5 Å². The van der Waals surface area contributed by atoms with Crippen LogP contribution in [0.4, 0.5) is 5.69 Å². The van der Waals surface area contributed by atoms with E-state index in [-0.39, 0.29) is 0 Å². The summed E-state index contributed by atoms with van der Waals surface area (Å²) in [6, 6.07) is 15.3. The molecule has 5 heteroatoms. The van der Waals surface area contributed by atoms with Gasteiger partial charge in [0.05, 0.1) is 12.3 Å². The fraction of sp³-hybridized carbons (Fsp3) is 0.375. The van der Waals surface area contributed by atoms with Crippen molar-refractivity contribution in [1.82, 2.24) is 10.2 Å². The van der Waals surface area contributed by atoms with E-state index in [0.717, 1.165) is 47.4 Å². The lowest BCUT2D eigenvalue weighted by molar-refractivity contribution is -0.109. The zero-order valence-corrected chi connectivity index (χ0v) is 16.8. The Bertz CT molecular complexity index is 873. The second-order valence-corrected chi connectivity index (χ2v) is 7.78. The summed E-state index contributed by atoms with van der Waals surface area (Å²) in [5.41, 5.74) is 10.3. The number of rotatable bonds is 7. The van der Waals surface area contributed by atoms with Crippen LogP contribution in [0, 0.1) is 0 Å². The standard InChI is InChI=1S/C24H29N3O2/c25-19-10-11-20-21(16-19)22(17-28)26-23(18-8-3-1-4-9-18)24(20)29-15-7-14-27-12-5-2-6-13-27/h1,3-4,8-11,16-17,22,26H,2,5-7,12-15,25H2. The van der Waals surface area contributed by atoms with Crippen molar-refractivity contribution in [1.29, 1.82) is 0 Å². The monoisotopic (exact) mass is 391 g/mol. The molecule has 0 aliphatic carbocycles. The van der Waals surface area contributed by atoms with Crippen LogP contribution in [0.5, 0.6) is 0 Å². The lowest BCUT2D eigenvalue weighted by Crippen LogP contribution is -2.31. The van der Waals surface area contributed by atoms with E-state index in [1.165, 1.54) is 32.4 Å². The van der Waals surface area contributed by atoms with Crippen molar-refractivity contribution in [3.63, 3.8) is 0 Å². The largest absolute Gasteiger partial charge is 0.491 e. The van der Waals surface area contributed by atoms with Crippen molar-refractivity contribution in [3.05, 3.63) is 65.2 Å². The average molecular weight is 392 g/mol. The Labute approximate surface area is 172 Å². The molecule has 2 aliphatic heterocycles. The van der Waals surface area contributed by atoms with Gasteiger partial charge in [-0.2, -0.15) is 0 Å². The van der Waals surface area contributed by atoms with Crippen molar-refractivity contribution >= 4 is 23.4 Å². The summed E-state index contributed by atoms with van der Waals surface area (Å²) in [6.45, 7) is 4.09. The smallest absolute Gasteiger partial charge is 0.150 e. The highest BCUT2D eigenvalue weighted by Crippen LogP contribution is 2.37. The van der Waals surface area contributed by atoms with E-state index in [9.17, 15) is 4.79 Å². The molecule has 1 saturated heterocycles. The first kappa shape index (κ1) is 19.5. The molecule has 1 atom stereocenters. The Balaban J connectivity index is 1.59. The summed E-state index contributed by atoms with van der Waals surface area (Å²) >= 11 is 0. The van der Waals surface area contributed by atoms with Gasteiger partial charge in [-0.05, 0) is 56.1 Å². The molecule has 2 aliphatic rings. The van der Waals surface area contributed by atoms with Crippen LogP contribution in [-0.2, 0) is 9.53 Å². The number of hydrogen-bond acceptors (Lipinski definition) is 5. The molecule has 0 aromatic heterocycles. The third-order valence-corrected chi connectivity index (χ3v) is 5.69. The minimum atomic E-state index is -0.440. The molecule has 2 aromatic rings. The molecule has 0 bridgehead atoms. The van der Waals surface area contributed by atoms with Crippen LogP contribution >= 0.6 is 0 Å². The van der Waals surface area contributed by atoms with Gasteiger partial charge in [-0.25, -0.2) is 0 Å². The first-order chi connectivity index (χ1) is 14.3. The van der Waals surface area contributed by atoms with Gasteiger partial charge in [0, 0.05) is 23.4 Å². The maximum atomic E-state index is 11.8. The molecule has 2 aromatic carbocycles. The van der Waals surface area contributed by atoms with E-state index in [2.05, 4.69) is 10.2 Å². The van der Waals surface area contributed by atoms with Gasteiger partial charge in [0.25, 0.3) is 0 Å². The summed E-state index contributed by atoms with van der Waals surface area (Å²) in [7, 11) is 0. The molecular formula is C24H29N3O2. The number of ether oxygens (including phenoxy) is 1. The summed E-state index contributed by atoms with van der Waals surface area (Å²) < 4.78 is 6.33. The molecule has 5 nitrogen and oxygen atoms in total. The van der Waals surface area contributed by atoms with Gasteiger partial charge in [-0.15, -0.1) is 0 Å². The quantitative estimate of drug-likeness (QED) is 0.427. The Morgan fingerprint density at radius 1 is 1.10 bits per heavy atom. The number of nitrogens with one attached hydrogen (secondary N) is 1. The van der Waals surface area contributed by atoms with Crippen LogP contribution in [0.1, 0.15) is 48.4 Å². The average Bonchev–Trinajstić information content (AvgIpc) is 2.77. The third kappa shape index (κ3) is 4.46. The Morgan fingerprint density at radius 3 is 2.66 bits per heavy atom. The Kier molecular flexibility index (Phi) is 6.15. The van der Waals surface area contributed by atoms with E-state index in [4.69, 9.17) is 10.5 Å². The summed E-state index contributed by atoms with van der Waals surface area (Å²) in [4.78, 5) is 14.3. The van der Waals surface area contributed by atoms with Gasteiger partial charge in [0.15, 0.2) is 5.76 Å². The van der Waals surface area contributed by atoms with E-state index >= 15 is 0 Å². The van der Waals surface area contributed by atoms with Crippen molar-refractivity contribution in [3.8, 4) is 0 Å². The number of fused-ring (bicyclic) bond motifs is 1. The van der Waals surface area contributed by atoms with Gasteiger partial charge in [-0.1, -0.05) is 36.8 Å². The van der Waals surface area contributed by atoms with Crippen molar-refractivity contribution in [2.45, 2.75) is 31.7 Å². The molecular weight excluding hydrogens is 362 g/mol. The number of nitrogen functional groups attached to an aromatic ring is 1. The lowest BCUT2D eigenvalue weighted by Gasteiger charge is -2.30. The Hall–Kier alpha value is -2.79.